The highest BCUT2D eigenvalue weighted by Gasteiger charge is 2.25. The van der Waals surface area contributed by atoms with Gasteiger partial charge in [-0.3, -0.25) is 4.31 Å². The first-order valence-corrected chi connectivity index (χ1v) is 8.10. The molecule has 0 amide bonds. The third-order valence-electron chi connectivity index (χ3n) is 2.92. The van der Waals surface area contributed by atoms with E-state index in [0.29, 0.717) is 18.2 Å². The SMILES string of the molecule is CCCNc1ncccc1S(=O)(=O)N(C)c1ccccn1. The van der Waals surface area contributed by atoms with E-state index in [1.807, 2.05) is 6.92 Å². The molecule has 2 aromatic rings. The highest BCUT2D eigenvalue weighted by atomic mass is 32.2. The zero-order chi connectivity index (χ0) is 15.3. The van der Waals surface area contributed by atoms with Crippen LogP contribution in [-0.4, -0.2) is 32.0 Å². The van der Waals surface area contributed by atoms with Crippen molar-refractivity contribution in [2.24, 2.45) is 0 Å². The fourth-order valence-electron chi connectivity index (χ4n) is 1.79. The summed E-state index contributed by atoms with van der Waals surface area (Å²) in [6, 6.07) is 8.28. The van der Waals surface area contributed by atoms with Gasteiger partial charge in [0.2, 0.25) is 0 Å². The average Bonchev–Trinajstić information content (AvgIpc) is 2.53. The van der Waals surface area contributed by atoms with E-state index in [1.54, 1.807) is 42.7 Å². The Balaban J connectivity index is 2.40. The minimum absolute atomic E-state index is 0.145. The molecule has 0 atom stereocenters. The number of rotatable bonds is 6. The molecule has 0 saturated heterocycles. The van der Waals surface area contributed by atoms with Crippen LogP contribution in [0.2, 0.25) is 0 Å². The molecule has 0 fully saturated rings. The van der Waals surface area contributed by atoms with Crippen molar-refractivity contribution < 1.29 is 8.42 Å². The van der Waals surface area contributed by atoms with Crippen molar-refractivity contribution in [2.45, 2.75) is 18.2 Å². The Morgan fingerprint density at radius 3 is 2.57 bits per heavy atom. The van der Waals surface area contributed by atoms with Crippen molar-refractivity contribution in [2.75, 3.05) is 23.2 Å². The largest absolute Gasteiger partial charge is 0.369 e. The Hall–Kier alpha value is -2.15. The predicted molar refractivity (Wildman–Crippen MR) is 82.8 cm³/mol. The normalized spacial score (nSPS) is 11.1. The smallest absolute Gasteiger partial charge is 0.268 e. The molecule has 0 aliphatic heterocycles. The van der Waals surface area contributed by atoms with Gasteiger partial charge < -0.3 is 5.32 Å². The molecule has 21 heavy (non-hydrogen) atoms. The van der Waals surface area contributed by atoms with Gasteiger partial charge in [-0.2, -0.15) is 0 Å². The van der Waals surface area contributed by atoms with E-state index in [0.717, 1.165) is 10.7 Å². The third kappa shape index (κ3) is 3.30. The second-order valence-corrected chi connectivity index (χ2v) is 6.38. The number of anilines is 2. The van der Waals surface area contributed by atoms with Gasteiger partial charge >= 0.3 is 0 Å². The van der Waals surface area contributed by atoms with E-state index in [-0.39, 0.29) is 4.90 Å². The van der Waals surface area contributed by atoms with E-state index in [2.05, 4.69) is 15.3 Å². The molecule has 0 radical (unpaired) electrons. The van der Waals surface area contributed by atoms with Crippen LogP contribution in [0.3, 0.4) is 0 Å². The van der Waals surface area contributed by atoms with Gasteiger partial charge in [0.05, 0.1) is 0 Å². The molecular weight excluding hydrogens is 288 g/mol. The maximum atomic E-state index is 12.7. The van der Waals surface area contributed by atoms with E-state index in [1.165, 1.54) is 7.05 Å². The molecule has 6 nitrogen and oxygen atoms in total. The number of hydrogen-bond acceptors (Lipinski definition) is 5. The van der Waals surface area contributed by atoms with Crippen LogP contribution < -0.4 is 9.62 Å². The lowest BCUT2D eigenvalue weighted by atomic mass is 10.4. The van der Waals surface area contributed by atoms with Crippen LogP contribution in [0.25, 0.3) is 0 Å². The molecule has 0 spiro atoms. The summed E-state index contributed by atoms with van der Waals surface area (Å²) in [7, 11) is -2.23. The molecule has 7 heteroatoms. The van der Waals surface area contributed by atoms with Crippen molar-refractivity contribution in [3.05, 3.63) is 42.7 Å². The Morgan fingerprint density at radius 2 is 1.90 bits per heavy atom. The number of nitrogens with one attached hydrogen (secondary N) is 1. The van der Waals surface area contributed by atoms with E-state index < -0.39 is 10.0 Å². The Kier molecular flexibility index (Phi) is 4.74. The fraction of sp³-hybridized carbons (Fsp3) is 0.286. The molecule has 0 aliphatic carbocycles. The number of sulfonamides is 1. The topological polar surface area (TPSA) is 75.2 Å². The van der Waals surface area contributed by atoms with Gasteiger partial charge in [-0.05, 0) is 30.7 Å². The molecule has 2 aromatic heterocycles. The maximum absolute atomic E-state index is 12.7. The lowest BCUT2D eigenvalue weighted by Crippen LogP contribution is -2.28. The Morgan fingerprint density at radius 1 is 1.14 bits per heavy atom. The lowest BCUT2D eigenvalue weighted by Gasteiger charge is -2.19. The lowest BCUT2D eigenvalue weighted by molar-refractivity contribution is 0.594. The first-order valence-electron chi connectivity index (χ1n) is 6.66. The quantitative estimate of drug-likeness (QED) is 0.885. The summed E-state index contributed by atoms with van der Waals surface area (Å²) in [5.74, 6) is 0.727. The maximum Gasteiger partial charge on any atom is 0.268 e. The Labute approximate surface area is 124 Å². The molecule has 2 heterocycles. The van der Waals surface area contributed by atoms with Gasteiger partial charge in [-0.25, -0.2) is 18.4 Å². The van der Waals surface area contributed by atoms with Crippen molar-refractivity contribution in [1.82, 2.24) is 9.97 Å². The molecular formula is C14H18N4O2S. The molecule has 0 unspecified atom stereocenters. The van der Waals surface area contributed by atoms with E-state index in [9.17, 15) is 8.42 Å². The second-order valence-electron chi connectivity index (χ2n) is 4.44. The number of pyridine rings is 2. The minimum atomic E-state index is -3.71. The standard InChI is InChI=1S/C14H18N4O2S/c1-3-9-16-14-12(7-6-11-17-14)21(19,20)18(2)13-8-4-5-10-15-13/h4-8,10-11H,3,9H2,1-2H3,(H,16,17). The number of aromatic nitrogens is 2. The highest BCUT2D eigenvalue weighted by molar-refractivity contribution is 7.93. The second kappa shape index (κ2) is 6.53. The summed E-state index contributed by atoms with van der Waals surface area (Å²) in [6.07, 6.45) is 4.00. The minimum Gasteiger partial charge on any atom is -0.369 e. The van der Waals surface area contributed by atoms with Crippen LogP contribution in [0, 0.1) is 0 Å². The van der Waals surface area contributed by atoms with Crippen molar-refractivity contribution in [1.29, 1.82) is 0 Å². The first kappa shape index (κ1) is 15.2. The molecule has 0 bridgehead atoms. The van der Waals surface area contributed by atoms with Crippen LogP contribution in [-0.2, 0) is 10.0 Å². The summed E-state index contributed by atoms with van der Waals surface area (Å²) in [5, 5.41) is 3.04. The van der Waals surface area contributed by atoms with Crippen LogP contribution in [0.5, 0.6) is 0 Å². The van der Waals surface area contributed by atoms with Crippen molar-refractivity contribution in [3.63, 3.8) is 0 Å². The van der Waals surface area contributed by atoms with E-state index >= 15 is 0 Å². The summed E-state index contributed by atoms with van der Waals surface area (Å²) in [5.41, 5.74) is 0. The van der Waals surface area contributed by atoms with Gasteiger partial charge in [-0.15, -0.1) is 0 Å². The fourth-order valence-corrected chi connectivity index (χ4v) is 3.05. The summed E-state index contributed by atoms with van der Waals surface area (Å²) in [6.45, 7) is 2.66. The van der Waals surface area contributed by atoms with Crippen molar-refractivity contribution in [3.8, 4) is 0 Å². The summed E-state index contributed by atoms with van der Waals surface area (Å²) < 4.78 is 26.6. The number of hydrogen-bond donors (Lipinski definition) is 1. The molecule has 0 aromatic carbocycles. The van der Waals surface area contributed by atoms with Gasteiger partial charge in [0.1, 0.15) is 16.5 Å². The van der Waals surface area contributed by atoms with Crippen LogP contribution in [0.15, 0.2) is 47.6 Å². The molecule has 1 N–H and O–H groups in total. The summed E-state index contributed by atoms with van der Waals surface area (Å²) in [4.78, 5) is 8.33. The van der Waals surface area contributed by atoms with E-state index in [4.69, 9.17) is 0 Å². The first-order chi connectivity index (χ1) is 10.1. The van der Waals surface area contributed by atoms with Gasteiger partial charge in [0.25, 0.3) is 10.0 Å². The van der Waals surface area contributed by atoms with Gasteiger partial charge in [0, 0.05) is 26.0 Å². The average molecular weight is 306 g/mol. The zero-order valence-electron chi connectivity index (χ0n) is 12.0. The van der Waals surface area contributed by atoms with Crippen molar-refractivity contribution >= 4 is 21.7 Å². The Bertz CT molecular complexity index is 689. The zero-order valence-corrected chi connectivity index (χ0v) is 12.8. The van der Waals surface area contributed by atoms with Crippen LogP contribution in [0.4, 0.5) is 11.6 Å². The molecule has 112 valence electrons. The molecule has 0 aliphatic rings. The molecule has 2 rings (SSSR count). The monoisotopic (exact) mass is 306 g/mol. The number of nitrogens with zero attached hydrogens (tertiary/aromatic N) is 3. The predicted octanol–water partition coefficient (Wildman–Crippen LogP) is 2.12. The third-order valence-corrected chi connectivity index (χ3v) is 4.72. The van der Waals surface area contributed by atoms with Gasteiger partial charge in [-0.1, -0.05) is 13.0 Å². The highest BCUT2D eigenvalue weighted by Crippen LogP contribution is 2.24. The summed E-state index contributed by atoms with van der Waals surface area (Å²) >= 11 is 0. The van der Waals surface area contributed by atoms with Crippen LogP contribution >= 0.6 is 0 Å². The molecule has 0 saturated carbocycles. The van der Waals surface area contributed by atoms with Gasteiger partial charge in [0.15, 0.2) is 0 Å². The van der Waals surface area contributed by atoms with Crippen LogP contribution in [0.1, 0.15) is 13.3 Å².